The molecule has 0 aromatic heterocycles. The predicted molar refractivity (Wildman–Crippen MR) is 79.0 cm³/mol. The van der Waals surface area contributed by atoms with Crippen LogP contribution in [0.4, 0.5) is 4.39 Å². The lowest BCUT2D eigenvalue weighted by Gasteiger charge is -2.09. The molecule has 0 aliphatic heterocycles. The molecule has 2 aromatic rings. The molecule has 0 saturated heterocycles. The third-order valence-corrected chi connectivity index (χ3v) is 2.80. The van der Waals surface area contributed by atoms with Gasteiger partial charge in [-0.1, -0.05) is 23.7 Å². The minimum atomic E-state index is -0.584. The molecule has 0 heterocycles. The van der Waals surface area contributed by atoms with E-state index in [-0.39, 0.29) is 12.4 Å². The molecule has 0 bridgehead atoms. The van der Waals surface area contributed by atoms with E-state index in [1.54, 1.807) is 18.2 Å². The van der Waals surface area contributed by atoms with Crippen LogP contribution in [0.1, 0.15) is 10.4 Å². The molecule has 2 amide bonds. The van der Waals surface area contributed by atoms with Gasteiger partial charge in [-0.25, -0.2) is 4.39 Å². The number of hydrogen-bond acceptors (Lipinski definition) is 3. The van der Waals surface area contributed by atoms with E-state index in [1.165, 1.54) is 24.3 Å². The molecule has 0 fully saturated rings. The van der Waals surface area contributed by atoms with Crippen molar-refractivity contribution >= 4 is 23.4 Å². The zero-order valence-corrected chi connectivity index (χ0v) is 12.1. The highest BCUT2D eigenvalue weighted by Crippen LogP contribution is 2.11. The summed E-state index contributed by atoms with van der Waals surface area (Å²) in [5.74, 6) is -1.34. The molecule has 2 N–H and O–H groups in total. The summed E-state index contributed by atoms with van der Waals surface area (Å²) in [5.41, 5.74) is 4.71. The Morgan fingerprint density at radius 1 is 1.09 bits per heavy atom. The van der Waals surface area contributed by atoms with Crippen molar-refractivity contribution in [2.75, 3.05) is 6.61 Å². The topological polar surface area (TPSA) is 67.4 Å². The highest BCUT2D eigenvalue weighted by molar-refractivity contribution is 6.30. The minimum absolute atomic E-state index is 0.219. The van der Waals surface area contributed by atoms with Crippen LogP contribution >= 0.6 is 11.6 Å². The summed E-state index contributed by atoms with van der Waals surface area (Å²) in [6.07, 6.45) is 0. The summed E-state index contributed by atoms with van der Waals surface area (Å²) in [6, 6.07) is 11.7. The van der Waals surface area contributed by atoms with E-state index < -0.39 is 17.6 Å². The van der Waals surface area contributed by atoms with Gasteiger partial charge in [-0.15, -0.1) is 0 Å². The maximum Gasteiger partial charge on any atom is 0.276 e. The number of hydrazine groups is 1. The molecule has 0 atom stereocenters. The number of hydrogen-bond donors (Lipinski definition) is 2. The van der Waals surface area contributed by atoms with Crippen LogP contribution in [0.3, 0.4) is 0 Å². The van der Waals surface area contributed by atoms with Crippen LogP contribution in [0.5, 0.6) is 5.75 Å². The lowest BCUT2D eigenvalue weighted by Crippen LogP contribution is -2.43. The van der Waals surface area contributed by atoms with E-state index in [9.17, 15) is 14.0 Å². The van der Waals surface area contributed by atoms with Crippen molar-refractivity contribution in [3.05, 3.63) is 64.9 Å². The normalized spacial score (nSPS) is 9.91. The van der Waals surface area contributed by atoms with Crippen LogP contribution in [0.25, 0.3) is 0 Å². The molecular weight excluding hydrogens is 311 g/mol. The Labute approximate surface area is 131 Å². The van der Waals surface area contributed by atoms with Crippen LogP contribution in [0.2, 0.25) is 5.02 Å². The summed E-state index contributed by atoms with van der Waals surface area (Å²) < 4.78 is 18.0. The highest BCUT2D eigenvalue weighted by Gasteiger charge is 2.08. The van der Waals surface area contributed by atoms with Crippen LogP contribution in [-0.4, -0.2) is 18.4 Å². The van der Waals surface area contributed by atoms with Gasteiger partial charge in [-0.05, 0) is 30.3 Å². The molecule has 2 aromatic carbocycles. The van der Waals surface area contributed by atoms with Crippen LogP contribution < -0.4 is 15.6 Å². The molecule has 2 rings (SSSR count). The SMILES string of the molecule is O=C(COc1cccc(F)c1)NNC(=O)c1cccc(Cl)c1. The van der Waals surface area contributed by atoms with E-state index in [0.29, 0.717) is 10.6 Å². The number of carbonyl (C=O) groups is 2. The van der Waals surface area contributed by atoms with Crippen molar-refractivity contribution in [3.63, 3.8) is 0 Å². The van der Waals surface area contributed by atoms with Gasteiger partial charge in [0.05, 0.1) is 0 Å². The lowest BCUT2D eigenvalue weighted by atomic mass is 10.2. The molecule has 22 heavy (non-hydrogen) atoms. The van der Waals surface area contributed by atoms with Crippen molar-refractivity contribution in [1.29, 1.82) is 0 Å². The Hall–Kier alpha value is -2.60. The Kier molecular flexibility index (Phi) is 5.32. The lowest BCUT2D eigenvalue weighted by molar-refractivity contribution is -0.123. The fourth-order valence-corrected chi connectivity index (χ4v) is 1.76. The number of ether oxygens (including phenoxy) is 1. The van der Waals surface area contributed by atoms with Crippen molar-refractivity contribution in [3.8, 4) is 5.75 Å². The maximum absolute atomic E-state index is 12.9. The molecule has 5 nitrogen and oxygen atoms in total. The average molecular weight is 323 g/mol. The number of halogens is 2. The van der Waals surface area contributed by atoms with E-state index in [1.807, 2.05) is 0 Å². The largest absolute Gasteiger partial charge is 0.484 e. The van der Waals surface area contributed by atoms with Crippen molar-refractivity contribution in [1.82, 2.24) is 10.9 Å². The minimum Gasteiger partial charge on any atom is -0.484 e. The maximum atomic E-state index is 12.9. The summed E-state index contributed by atoms with van der Waals surface area (Å²) in [4.78, 5) is 23.3. The fraction of sp³-hybridized carbons (Fsp3) is 0.0667. The van der Waals surface area contributed by atoms with Gasteiger partial charge in [0, 0.05) is 16.7 Å². The monoisotopic (exact) mass is 322 g/mol. The molecule has 0 radical (unpaired) electrons. The molecule has 0 saturated carbocycles. The third-order valence-electron chi connectivity index (χ3n) is 2.57. The van der Waals surface area contributed by atoms with Crippen molar-refractivity contribution in [2.24, 2.45) is 0 Å². The van der Waals surface area contributed by atoms with Gasteiger partial charge in [0.2, 0.25) is 0 Å². The van der Waals surface area contributed by atoms with E-state index in [0.717, 1.165) is 6.07 Å². The summed E-state index contributed by atoms with van der Waals surface area (Å²) in [6.45, 7) is -0.362. The van der Waals surface area contributed by atoms with Crippen LogP contribution in [0.15, 0.2) is 48.5 Å². The molecule has 0 unspecified atom stereocenters. The standard InChI is InChI=1S/C15H12ClFN2O3/c16-11-4-1-3-10(7-11)15(21)19-18-14(20)9-22-13-6-2-5-12(17)8-13/h1-8H,9H2,(H,18,20)(H,19,21). The van der Waals surface area contributed by atoms with Gasteiger partial charge >= 0.3 is 0 Å². The molecular formula is C15H12ClFN2O3. The summed E-state index contributed by atoms with van der Waals surface area (Å²) in [7, 11) is 0. The number of benzene rings is 2. The number of nitrogens with one attached hydrogen (secondary N) is 2. The average Bonchev–Trinajstić information content (AvgIpc) is 2.50. The summed E-state index contributed by atoms with van der Waals surface area (Å²) >= 11 is 5.76. The summed E-state index contributed by atoms with van der Waals surface area (Å²) in [5, 5.41) is 0.411. The van der Waals surface area contributed by atoms with E-state index in [4.69, 9.17) is 16.3 Å². The first-order valence-corrected chi connectivity index (χ1v) is 6.65. The zero-order valence-electron chi connectivity index (χ0n) is 11.3. The first-order chi connectivity index (χ1) is 10.5. The highest BCUT2D eigenvalue weighted by atomic mass is 35.5. The first-order valence-electron chi connectivity index (χ1n) is 6.28. The zero-order chi connectivity index (χ0) is 15.9. The van der Waals surface area contributed by atoms with E-state index >= 15 is 0 Å². The quantitative estimate of drug-likeness (QED) is 0.849. The molecule has 114 valence electrons. The number of rotatable bonds is 4. The second kappa shape index (κ2) is 7.42. The van der Waals surface area contributed by atoms with Crippen molar-refractivity contribution < 1.29 is 18.7 Å². The van der Waals surface area contributed by atoms with Gasteiger partial charge in [-0.3, -0.25) is 20.4 Å². The molecule has 0 aliphatic rings. The Morgan fingerprint density at radius 2 is 1.86 bits per heavy atom. The number of carbonyl (C=O) groups excluding carboxylic acids is 2. The first kappa shape index (κ1) is 15.8. The smallest absolute Gasteiger partial charge is 0.276 e. The van der Waals surface area contributed by atoms with Crippen LogP contribution in [-0.2, 0) is 4.79 Å². The fourth-order valence-electron chi connectivity index (χ4n) is 1.57. The van der Waals surface area contributed by atoms with Gasteiger partial charge in [-0.2, -0.15) is 0 Å². The van der Waals surface area contributed by atoms with Crippen LogP contribution in [0, 0.1) is 5.82 Å². The molecule has 0 spiro atoms. The second-order valence-corrected chi connectivity index (χ2v) is 4.70. The predicted octanol–water partition coefficient (Wildman–Crippen LogP) is 2.32. The van der Waals surface area contributed by atoms with Gasteiger partial charge in [0.25, 0.3) is 11.8 Å². The number of amides is 2. The molecule has 0 aliphatic carbocycles. The Morgan fingerprint density at radius 3 is 2.59 bits per heavy atom. The Balaban J connectivity index is 1.79. The van der Waals surface area contributed by atoms with E-state index in [2.05, 4.69) is 10.9 Å². The van der Waals surface area contributed by atoms with Gasteiger partial charge in [0.1, 0.15) is 11.6 Å². The molecule has 7 heteroatoms. The second-order valence-electron chi connectivity index (χ2n) is 4.26. The van der Waals surface area contributed by atoms with Gasteiger partial charge in [0.15, 0.2) is 6.61 Å². The van der Waals surface area contributed by atoms with Gasteiger partial charge < -0.3 is 4.74 Å². The third kappa shape index (κ3) is 4.75. The van der Waals surface area contributed by atoms with Crippen molar-refractivity contribution in [2.45, 2.75) is 0 Å². The Bertz CT molecular complexity index is 694.